The molecule has 118 valence electrons. The Morgan fingerprint density at radius 3 is 2.77 bits per heavy atom. The summed E-state index contributed by atoms with van der Waals surface area (Å²) in [5, 5.41) is 12.0. The molecule has 0 amide bonds. The number of nitrogens with zero attached hydrogens (tertiary/aromatic N) is 4. The Bertz CT molecular complexity index is 659. The molecule has 0 radical (unpaired) electrons. The van der Waals surface area contributed by atoms with Crippen molar-refractivity contribution in [1.82, 2.24) is 20.2 Å². The first-order valence-corrected chi connectivity index (χ1v) is 7.68. The van der Waals surface area contributed by atoms with Crippen molar-refractivity contribution in [2.75, 3.05) is 14.2 Å². The molecule has 0 spiro atoms. The second-order valence-electron chi connectivity index (χ2n) is 4.49. The van der Waals surface area contributed by atoms with E-state index in [2.05, 4.69) is 15.5 Å². The molecule has 0 saturated carbocycles. The summed E-state index contributed by atoms with van der Waals surface area (Å²) in [7, 11) is 3.16. The molecule has 0 aliphatic carbocycles. The van der Waals surface area contributed by atoms with Gasteiger partial charge in [0.05, 0.1) is 19.5 Å². The molecule has 0 bridgehead atoms. The Kier molecular flexibility index (Phi) is 5.37. The Labute approximate surface area is 133 Å². The van der Waals surface area contributed by atoms with Gasteiger partial charge in [-0.05, 0) is 29.5 Å². The van der Waals surface area contributed by atoms with Gasteiger partial charge >= 0.3 is 0 Å². The molecule has 1 aromatic heterocycles. The van der Waals surface area contributed by atoms with Crippen molar-refractivity contribution < 1.29 is 14.3 Å². The minimum Gasteiger partial charge on any atom is -0.497 e. The standard InChI is InChI=1S/C14H18N4O3S/c1-5-12(19)9(2)22-14-15-16-17-18(14)11-8-10(20-3)6-7-13(11)21-4/h6-9H,5H2,1-4H3/t9-/m1/s1. The van der Waals surface area contributed by atoms with Gasteiger partial charge in [-0.15, -0.1) is 5.10 Å². The zero-order valence-corrected chi connectivity index (χ0v) is 13.8. The Morgan fingerprint density at radius 1 is 1.36 bits per heavy atom. The molecular formula is C14H18N4O3S. The third kappa shape index (κ3) is 3.38. The third-order valence-electron chi connectivity index (χ3n) is 3.14. The lowest BCUT2D eigenvalue weighted by Gasteiger charge is -2.12. The summed E-state index contributed by atoms with van der Waals surface area (Å²) in [6, 6.07) is 5.36. The van der Waals surface area contributed by atoms with Crippen LogP contribution in [0.4, 0.5) is 0 Å². The molecule has 1 aromatic carbocycles. The first-order valence-electron chi connectivity index (χ1n) is 6.80. The molecule has 0 N–H and O–H groups in total. The first-order chi connectivity index (χ1) is 10.6. The number of aromatic nitrogens is 4. The average Bonchev–Trinajstić information content (AvgIpc) is 3.01. The van der Waals surface area contributed by atoms with Gasteiger partial charge < -0.3 is 9.47 Å². The van der Waals surface area contributed by atoms with Crippen molar-refractivity contribution in [3.05, 3.63) is 18.2 Å². The number of benzene rings is 1. The molecule has 1 heterocycles. The van der Waals surface area contributed by atoms with E-state index >= 15 is 0 Å². The number of hydrogen-bond donors (Lipinski definition) is 0. The maximum Gasteiger partial charge on any atom is 0.214 e. The summed E-state index contributed by atoms with van der Waals surface area (Å²) in [5.41, 5.74) is 0.658. The molecule has 0 saturated heterocycles. The van der Waals surface area contributed by atoms with Crippen LogP contribution in [0.25, 0.3) is 5.69 Å². The summed E-state index contributed by atoms with van der Waals surface area (Å²) in [6.07, 6.45) is 0.484. The van der Waals surface area contributed by atoms with Gasteiger partial charge in [0, 0.05) is 12.5 Å². The van der Waals surface area contributed by atoms with E-state index in [1.165, 1.54) is 11.8 Å². The van der Waals surface area contributed by atoms with Crippen LogP contribution in [0, 0.1) is 0 Å². The summed E-state index contributed by atoms with van der Waals surface area (Å²) in [5.74, 6) is 1.43. The average molecular weight is 322 g/mol. The molecule has 0 aliphatic rings. The first kappa shape index (κ1) is 16.3. The van der Waals surface area contributed by atoms with Gasteiger partial charge in [-0.25, -0.2) is 0 Å². The molecule has 0 fully saturated rings. The van der Waals surface area contributed by atoms with E-state index in [9.17, 15) is 4.79 Å². The van der Waals surface area contributed by atoms with Gasteiger partial charge in [0.2, 0.25) is 5.16 Å². The van der Waals surface area contributed by atoms with Crippen LogP contribution in [0.5, 0.6) is 11.5 Å². The lowest BCUT2D eigenvalue weighted by atomic mass is 10.2. The number of carbonyl (C=O) groups excluding carboxylic acids is 1. The highest BCUT2D eigenvalue weighted by Crippen LogP contribution is 2.31. The number of rotatable bonds is 7. The highest BCUT2D eigenvalue weighted by molar-refractivity contribution is 8.00. The molecule has 0 aliphatic heterocycles. The van der Waals surface area contributed by atoms with Crippen molar-refractivity contribution in [1.29, 1.82) is 0 Å². The van der Waals surface area contributed by atoms with Crippen molar-refractivity contribution in [2.45, 2.75) is 30.7 Å². The second-order valence-corrected chi connectivity index (χ2v) is 5.80. The molecule has 1 atom stereocenters. The van der Waals surface area contributed by atoms with E-state index < -0.39 is 0 Å². The number of Topliss-reactive ketones (excluding diaryl/α,β-unsaturated/α-hetero) is 1. The van der Waals surface area contributed by atoms with Crippen molar-refractivity contribution >= 4 is 17.5 Å². The largest absolute Gasteiger partial charge is 0.497 e. The topological polar surface area (TPSA) is 79.1 Å². The van der Waals surface area contributed by atoms with Crippen LogP contribution in [-0.2, 0) is 4.79 Å². The van der Waals surface area contributed by atoms with E-state index in [0.717, 1.165) is 0 Å². The summed E-state index contributed by atoms with van der Waals surface area (Å²) in [4.78, 5) is 11.8. The summed E-state index contributed by atoms with van der Waals surface area (Å²) < 4.78 is 12.1. The van der Waals surface area contributed by atoms with Gasteiger partial charge in [-0.1, -0.05) is 18.7 Å². The maximum atomic E-state index is 11.8. The number of ether oxygens (including phenoxy) is 2. The number of carbonyl (C=O) groups is 1. The zero-order valence-electron chi connectivity index (χ0n) is 12.9. The molecular weight excluding hydrogens is 304 g/mol. The van der Waals surface area contributed by atoms with Crippen LogP contribution in [0.15, 0.2) is 23.4 Å². The minimum absolute atomic E-state index is 0.150. The molecule has 7 nitrogen and oxygen atoms in total. The quantitative estimate of drug-likeness (QED) is 0.722. The van der Waals surface area contributed by atoms with Crippen LogP contribution in [0.3, 0.4) is 0 Å². The van der Waals surface area contributed by atoms with Gasteiger partial charge in [0.1, 0.15) is 23.0 Å². The number of ketones is 1. The van der Waals surface area contributed by atoms with Crippen molar-refractivity contribution in [3.63, 3.8) is 0 Å². The predicted octanol–water partition coefficient (Wildman–Crippen LogP) is 2.14. The summed E-state index contributed by atoms with van der Waals surface area (Å²) in [6.45, 7) is 3.69. The number of thioether (sulfide) groups is 1. The van der Waals surface area contributed by atoms with Crippen LogP contribution in [0.2, 0.25) is 0 Å². The molecule has 0 unspecified atom stereocenters. The fourth-order valence-electron chi connectivity index (χ4n) is 1.88. The van der Waals surface area contributed by atoms with Gasteiger partial charge in [-0.2, -0.15) is 4.68 Å². The fraction of sp³-hybridized carbons (Fsp3) is 0.429. The lowest BCUT2D eigenvalue weighted by molar-refractivity contribution is -0.118. The van der Waals surface area contributed by atoms with Crippen molar-refractivity contribution in [3.8, 4) is 17.2 Å². The molecule has 2 aromatic rings. The van der Waals surface area contributed by atoms with Gasteiger partial charge in [-0.3, -0.25) is 4.79 Å². The smallest absolute Gasteiger partial charge is 0.214 e. The van der Waals surface area contributed by atoms with E-state index in [4.69, 9.17) is 9.47 Å². The summed E-state index contributed by atoms with van der Waals surface area (Å²) >= 11 is 1.32. The third-order valence-corrected chi connectivity index (χ3v) is 4.22. The van der Waals surface area contributed by atoms with Gasteiger partial charge in [0.25, 0.3) is 0 Å². The predicted molar refractivity (Wildman–Crippen MR) is 82.9 cm³/mol. The Hall–Kier alpha value is -2.09. The molecule has 8 heteroatoms. The van der Waals surface area contributed by atoms with E-state index in [1.54, 1.807) is 37.1 Å². The van der Waals surface area contributed by atoms with Crippen LogP contribution >= 0.6 is 11.8 Å². The highest BCUT2D eigenvalue weighted by atomic mass is 32.2. The van der Waals surface area contributed by atoms with Crippen molar-refractivity contribution in [2.24, 2.45) is 0 Å². The van der Waals surface area contributed by atoms with E-state index in [1.807, 2.05) is 13.8 Å². The number of tetrazole rings is 1. The van der Waals surface area contributed by atoms with Gasteiger partial charge in [0.15, 0.2) is 0 Å². The monoisotopic (exact) mass is 322 g/mol. The zero-order chi connectivity index (χ0) is 16.1. The minimum atomic E-state index is -0.216. The Balaban J connectivity index is 2.38. The highest BCUT2D eigenvalue weighted by Gasteiger charge is 2.19. The van der Waals surface area contributed by atoms with Crippen LogP contribution in [-0.4, -0.2) is 45.5 Å². The fourth-order valence-corrected chi connectivity index (χ4v) is 2.81. The van der Waals surface area contributed by atoms with Crippen LogP contribution in [0.1, 0.15) is 20.3 Å². The molecule has 22 heavy (non-hydrogen) atoms. The number of hydrogen-bond acceptors (Lipinski definition) is 7. The Morgan fingerprint density at radius 2 is 2.14 bits per heavy atom. The number of methoxy groups -OCH3 is 2. The molecule has 2 rings (SSSR count). The van der Waals surface area contributed by atoms with E-state index in [-0.39, 0.29) is 11.0 Å². The normalized spacial score (nSPS) is 12.0. The lowest BCUT2D eigenvalue weighted by Crippen LogP contribution is -2.13. The maximum absolute atomic E-state index is 11.8. The second kappa shape index (κ2) is 7.26. The van der Waals surface area contributed by atoms with E-state index in [0.29, 0.717) is 28.8 Å². The SMILES string of the molecule is CCC(=O)[C@@H](C)Sc1nnnn1-c1cc(OC)ccc1OC. The van der Waals surface area contributed by atoms with Crippen LogP contribution < -0.4 is 9.47 Å².